The predicted octanol–water partition coefficient (Wildman–Crippen LogP) is 7.94. The smallest absolute Gasteiger partial charge is 0.422 e. The standard InChI is InChI=1S/C30H53N3O6S/c1-5-6-7-8-9-10-11-12-13-14-15-16-17-18-19-20-21-31-29(35)38-22-27(37-4)23-39-30(36)33(26(3)34)28-24-40-25(2)32-28/h24,27H,5-23H2,1-4H3,(H,31,35). The number of thiazole rings is 1. The second-order valence-corrected chi connectivity index (χ2v) is 11.4. The molecule has 0 aliphatic heterocycles. The number of carbonyl (C=O) groups is 3. The first kappa shape index (κ1) is 35.8. The SMILES string of the molecule is CCCCCCCCCCCCCCCCCCNC(=O)OCC(COC(=O)N(C(C)=O)c1csc(C)n1)OC. The van der Waals surface area contributed by atoms with Gasteiger partial charge in [0.25, 0.3) is 0 Å². The molecular weight excluding hydrogens is 530 g/mol. The van der Waals surface area contributed by atoms with Crippen molar-refractivity contribution in [2.45, 2.75) is 130 Å². The number of ether oxygens (including phenoxy) is 3. The number of nitrogens with zero attached hydrogens (tertiary/aromatic N) is 2. The summed E-state index contributed by atoms with van der Waals surface area (Å²) >= 11 is 1.32. The predicted molar refractivity (Wildman–Crippen MR) is 161 cm³/mol. The van der Waals surface area contributed by atoms with Crippen molar-refractivity contribution in [1.82, 2.24) is 10.3 Å². The van der Waals surface area contributed by atoms with Crippen LogP contribution in [0, 0.1) is 6.92 Å². The van der Waals surface area contributed by atoms with Crippen LogP contribution >= 0.6 is 11.3 Å². The molecule has 230 valence electrons. The van der Waals surface area contributed by atoms with Gasteiger partial charge in [-0.1, -0.05) is 103 Å². The summed E-state index contributed by atoms with van der Waals surface area (Å²) in [6, 6.07) is 0. The lowest BCUT2D eigenvalue weighted by Gasteiger charge is -2.19. The van der Waals surface area contributed by atoms with Gasteiger partial charge in [0.15, 0.2) is 5.82 Å². The lowest BCUT2D eigenvalue weighted by Crippen LogP contribution is -2.38. The van der Waals surface area contributed by atoms with Crippen molar-refractivity contribution in [1.29, 1.82) is 0 Å². The fourth-order valence-electron chi connectivity index (χ4n) is 4.33. The third-order valence-corrected chi connectivity index (χ3v) is 7.52. The molecule has 1 aromatic heterocycles. The van der Waals surface area contributed by atoms with E-state index in [0.29, 0.717) is 6.54 Å². The van der Waals surface area contributed by atoms with Crippen LogP contribution in [0.2, 0.25) is 0 Å². The van der Waals surface area contributed by atoms with Gasteiger partial charge in [0.2, 0.25) is 5.91 Å². The van der Waals surface area contributed by atoms with Crippen LogP contribution in [0.4, 0.5) is 15.4 Å². The minimum Gasteiger partial charge on any atom is -0.447 e. The zero-order valence-electron chi connectivity index (χ0n) is 25.3. The molecule has 1 aromatic rings. The fraction of sp³-hybridized carbons (Fsp3) is 0.800. The third-order valence-electron chi connectivity index (χ3n) is 6.76. The molecule has 1 N–H and O–H groups in total. The normalized spacial score (nSPS) is 11.7. The molecule has 3 amide bonds. The summed E-state index contributed by atoms with van der Waals surface area (Å²) < 4.78 is 15.6. The van der Waals surface area contributed by atoms with Crippen LogP contribution in [0.3, 0.4) is 0 Å². The largest absolute Gasteiger partial charge is 0.447 e. The van der Waals surface area contributed by atoms with E-state index in [9.17, 15) is 14.4 Å². The Kier molecular flexibility index (Phi) is 21.0. The summed E-state index contributed by atoms with van der Waals surface area (Å²) in [5, 5.41) is 5.08. The van der Waals surface area contributed by atoms with Crippen molar-refractivity contribution in [3.05, 3.63) is 10.4 Å². The van der Waals surface area contributed by atoms with Crippen molar-refractivity contribution in [3.8, 4) is 0 Å². The third kappa shape index (κ3) is 17.5. The molecule has 1 atom stereocenters. The molecule has 0 fully saturated rings. The van der Waals surface area contributed by atoms with Gasteiger partial charge >= 0.3 is 12.2 Å². The van der Waals surface area contributed by atoms with E-state index in [-0.39, 0.29) is 19.0 Å². The number of aromatic nitrogens is 1. The summed E-state index contributed by atoms with van der Waals surface area (Å²) in [6.45, 7) is 5.62. The van der Waals surface area contributed by atoms with Crippen LogP contribution < -0.4 is 10.2 Å². The maximum atomic E-state index is 12.4. The Balaban J connectivity index is 2.01. The number of nitrogens with one attached hydrogen (secondary N) is 1. The number of imide groups is 1. The molecule has 0 bridgehead atoms. The second kappa shape index (κ2) is 23.5. The number of unbranched alkanes of at least 4 members (excludes halogenated alkanes) is 15. The molecular formula is C30H53N3O6S. The molecule has 0 radical (unpaired) electrons. The quantitative estimate of drug-likeness (QED) is 0.130. The van der Waals surface area contributed by atoms with Crippen LogP contribution in [0.1, 0.15) is 122 Å². The molecule has 0 saturated carbocycles. The molecule has 9 nitrogen and oxygen atoms in total. The number of methoxy groups -OCH3 is 1. The first-order valence-corrected chi connectivity index (χ1v) is 16.1. The lowest BCUT2D eigenvalue weighted by molar-refractivity contribution is -0.116. The fourth-order valence-corrected chi connectivity index (χ4v) is 4.91. The van der Waals surface area contributed by atoms with Gasteiger partial charge in [0.05, 0.1) is 5.01 Å². The van der Waals surface area contributed by atoms with Crippen molar-refractivity contribution < 1.29 is 28.6 Å². The van der Waals surface area contributed by atoms with Crippen LogP contribution in [-0.2, 0) is 19.0 Å². The van der Waals surface area contributed by atoms with E-state index < -0.39 is 24.2 Å². The van der Waals surface area contributed by atoms with E-state index in [1.54, 1.807) is 12.3 Å². The Morgan fingerprint density at radius 1 is 0.850 bits per heavy atom. The number of aryl methyl sites for hydroxylation is 1. The highest BCUT2D eigenvalue weighted by atomic mass is 32.1. The molecule has 0 aliphatic rings. The second-order valence-electron chi connectivity index (χ2n) is 10.3. The number of hydrogen-bond donors (Lipinski definition) is 1. The van der Waals surface area contributed by atoms with Gasteiger partial charge in [-0.3, -0.25) is 4.79 Å². The number of amides is 3. The van der Waals surface area contributed by atoms with Gasteiger partial charge in [-0.2, -0.15) is 4.90 Å². The van der Waals surface area contributed by atoms with Crippen molar-refractivity contribution in [2.24, 2.45) is 0 Å². The molecule has 0 spiro atoms. The zero-order chi connectivity index (χ0) is 29.4. The van der Waals surface area contributed by atoms with Gasteiger partial charge in [-0.25, -0.2) is 14.6 Å². The molecule has 1 heterocycles. The van der Waals surface area contributed by atoms with E-state index in [0.717, 1.165) is 22.7 Å². The summed E-state index contributed by atoms with van der Waals surface area (Å²) in [4.78, 5) is 41.3. The minimum atomic E-state index is -0.854. The summed E-state index contributed by atoms with van der Waals surface area (Å²) in [5.41, 5.74) is 0. The van der Waals surface area contributed by atoms with E-state index in [4.69, 9.17) is 14.2 Å². The van der Waals surface area contributed by atoms with E-state index in [1.807, 2.05) is 0 Å². The maximum Gasteiger partial charge on any atom is 0.422 e. The summed E-state index contributed by atoms with van der Waals surface area (Å²) in [6.07, 6.45) is 18.9. The number of rotatable bonds is 23. The monoisotopic (exact) mass is 583 g/mol. The van der Waals surface area contributed by atoms with E-state index in [1.165, 1.54) is 115 Å². The number of alkyl carbamates (subject to hydrolysis) is 1. The first-order valence-electron chi connectivity index (χ1n) is 15.2. The Labute approximate surface area is 245 Å². The highest BCUT2D eigenvalue weighted by Crippen LogP contribution is 2.19. The Bertz CT molecular complexity index is 819. The first-order chi connectivity index (χ1) is 19.4. The average molecular weight is 584 g/mol. The van der Waals surface area contributed by atoms with Gasteiger partial charge in [0.1, 0.15) is 19.3 Å². The number of anilines is 1. The van der Waals surface area contributed by atoms with Gasteiger partial charge in [0, 0.05) is 26.0 Å². The Morgan fingerprint density at radius 3 is 1.80 bits per heavy atom. The van der Waals surface area contributed by atoms with Gasteiger partial charge in [-0.15, -0.1) is 11.3 Å². The van der Waals surface area contributed by atoms with Crippen LogP contribution in [0.15, 0.2) is 5.38 Å². The molecule has 1 unspecified atom stereocenters. The molecule has 40 heavy (non-hydrogen) atoms. The van der Waals surface area contributed by atoms with Crippen molar-refractivity contribution in [2.75, 3.05) is 31.8 Å². The molecule has 0 aliphatic carbocycles. The lowest BCUT2D eigenvalue weighted by atomic mass is 10.0. The molecule has 10 heteroatoms. The van der Waals surface area contributed by atoms with Crippen LogP contribution in [0.5, 0.6) is 0 Å². The minimum absolute atomic E-state index is 0.0789. The van der Waals surface area contributed by atoms with E-state index in [2.05, 4.69) is 17.2 Å². The van der Waals surface area contributed by atoms with Gasteiger partial charge in [-0.05, 0) is 13.3 Å². The van der Waals surface area contributed by atoms with Gasteiger partial charge < -0.3 is 19.5 Å². The van der Waals surface area contributed by atoms with Crippen molar-refractivity contribution in [3.63, 3.8) is 0 Å². The molecule has 0 aromatic carbocycles. The highest BCUT2D eigenvalue weighted by Gasteiger charge is 2.25. The van der Waals surface area contributed by atoms with Crippen molar-refractivity contribution >= 4 is 35.2 Å². The maximum absolute atomic E-state index is 12.4. The Hall–Kier alpha value is -2.20. The number of hydrogen-bond acceptors (Lipinski definition) is 8. The molecule has 0 saturated heterocycles. The Morgan fingerprint density at radius 2 is 1.35 bits per heavy atom. The highest BCUT2D eigenvalue weighted by molar-refractivity contribution is 7.09. The summed E-state index contributed by atoms with van der Waals surface area (Å²) in [7, 11) is 1.43. The zero-order valence-corrected chi connectivity index (χ0v) is 26.2. The summed E-state index contributed by atoms with van der Waals surface area (Å²) in [5.74, 6) is -0.285. The van der Waals surface area contributed by atoms with E-state index >= 15 is 0 Å². The average Bonchev–Trinajstić information content (AvgIpc) is 3.35. The number of carbonyl (C=O) groups excluding carboxylic acids is 3. The van der Waals surface area contributed by atoms with Crippen LogP contribution in [-0.4, -0.2) is 56.0 Å². The molecule has 1 rings (SSSR count). The topological polar surface area (TPSA) is 107 Å². The van der Waals surface area contributed by atoms with Crippen LogP contribution in [0.25, 0.3) is 0 Å².